The lowest BCUT2D eigenvalue weighted by Gasteiger charge is -2.09. The van der Waals surface area contributed by atoms with Gasteiger partial charge >= 0.3 is 0 Å². The van der Waals surface area contributed by atoms with E-state index in [2.05, 4.69) is 5.32 Å². The first-order chi connectivity index (χ1) is 8.33. The maximum atomic E-state index is 9.34. The van der Waals surface area contributed by atoms with Gasteiger partial charge in [-0.1, -0.05) is 25.1 Å². The SMILES string of the molecule is CCC(O)CCNCCCOc1ccccc1. The van der Waals surface area contributed by atoms with Gasteiger partial charge in [-0.25, -0.2) is 0 Å². The molecule has 3 heteroatoms. The molecule has 0 aliphatic heterocycles. The lowest BCUT2D eigenvalue weighted by molar-refractivity contribution is 0.159. The summed E-state index contributed by atoms with van der Waals surface area (Å²) in [4.78, 5) is 0. The minimum absolute atomic E-state index is 0.164. The largest absolute Gasteiger partial charge is 0.494 e. The molecule has 1 aromatic carbocycles. The van der Waals surface area contributed by atoms with Gasteiger partial charge < -0.3 is 15.2 Å². The second kappa shape index (κ2) is 9.02. The van der Waals surface area contributed by atoms with Crippen LogP contribution in [-0.4, -0.2) is 30.9 Å². The van der Waals surface area contributed by atoms with E-state index in [1.54, 1.807) is 0 Å². The third kappa shape index (κ3) is 6.97. The van der Waals surface area contributed by atoms with E-state index in [1.807, 2.05) is 37.3 Å². The third-order valence-corrected chi connectivity index (χ3v) is 2.64. The first kappa shape index (κ1) is 14.0. The van der Waals surface area contributed by atoms with Crippen molar-refractivity contribution in [1.29, 1.82) is 0 Å². The Kier molecular flexibility index (Phi) is 7.43. The second-order valence-corrected chi connectivity index (χ2v) is 4.12. The molecule has 0 fully saturated rings. The minimum Gasteiger partial charge on any atom is -0.494 e. The molecule has 0 spiro atoms. The Labute approximate surface area is 104 Å². The minimum atomic E-state index is -0.164. The predicted octanol–water partition coefficient (Wildman–Crippen LogP) is 2.21. The zero-order valence-electron chi connectivity index (χ0n) is 10.6. The summed E-state index contributed by atoms with van der Waals surface area (Å²) in [5.74, 6) is 0.925. The van der Waals surface area contributed by atoms with Crippen molar-refractivity contribution in [3.63, 3.8) is 0 Å². The molecule has 3 nitrogen and oxygen atoms in total. The summed E-state index contributed by atoms with van der Waals surface area (Å²) in [6, 6.07) is 9.85. The Balaban J connectivity index is 1.91. The summed E-state index contributed by atoms with van der Waals surface area (Å²) in [5, 5.41) is 12.6. The number of aliphatic hydroxyl groups is 1. The fraction of sp³-hybridized carbons (Fsp3) is 0.571. The first-order valence-electron chi connectivity index (χ1n) is 6.39. The van der Waals surface area contributed by atoms with Crippen LogP contribution in [-0.2, 0) is 0 Å². The predicted molar refractivity (Wildman–Crippen MR) is 70.3 cm³/mol. The van der Waals surface area contributed by atoms with Crippen LogP contribution in [0.4, 0.5) is 0 Å². The second-order valence-electron chi connectivity index (χ2n) is 4.12. The standard InChI is InChI=1S/C14H23NO2/c1-2-13(16)9-11-15-10-6-12-17-14-7-4-3-5-8-14/h3-5,7-8,13,15-16H,2,6,9-12H2,1H3. The summed E-state index contributed by atoms with van der Waals surface area (Å²) in [6.45, 7) is 4.54. The van der Waals surface area contributed by atoms with E-state index in [9.17, 15) is 5.11 Å². The Morgan fingerprint density at radius 2 is 2.00 bits per heavy atom. The lowest BCUT2D eigenvalue weighted by Crippen LogP contribution is -2.22. The fourth-order valence-corrected chi connectivity index (χ4v) is 1.50. The first-order valence-corrected chi connectivity index (χ1v) is 6.39. The van der Waals surface area contributed by atoms with Crippen molar-refractivity contribution in [3.8, 4) is 5.75 Å². The van der Waals surface area contributed by atoms with E-state index in [0.717, 1.165) is 44.7 Å². The lowest BCUT2D eigenvalue weighted by atomic mass is 10.2. The summed E-state index contributed by atoms with van der Waals surface area (Å²) in [6.07, 6.45) is 2.48. The number of rotatable bonds is 9. The zero-order valence-corrected chi connectivity index (χ0v) is 10.6. The molecule has 0 aromatic heterocycles. The normalized spacial score (nSPS) is 12.4. The number of ether oxygens (including phenoxy) is 1. The molecule has 0 saturated heterocycles. The van der Waals surface area contributed by atoms with Crippen molar-refractivity contribution in [2.75, 3.05) is 19.7 Å². The maximum Gasteiger partial charge on any atom is 0.119 e. The van der Waals surface area contributed by atoms with Gasteiger partial charge in [0, 0.05) is 0 Å². The topological polar surface area (TPSA) is 41.5 Å². The van der Waals surface area contributed by atoms with Crippen LogP contribution < -0.4 is 10.1 Å². The molecule has 0 aliphatic rings. The van der Waals surface area contributed by atoms with Gasteiger partial charge in [-0.05, 0) is 44.5 Å². The molecular weight excluding hydrogens is 214 g/mol. The van der Waals surface area contributed by atoms with Crippen molar-refractivity contribution in [1.82, 2.24) is 5.32 Å². The Hall–Kier alpha value is -1.06. The highest BCUT2D eigenvalue weighted by Crippen LogP contribution is 2.07. The molecule has 17 heavy (non-hydrogen) atoms. The summed E-state index contributed by atoms with van der Waals surface area (Å²) < 4.78 is 5.57. The van der Waals surface area contributed by atoms with E-state index in [-0.39, 0.29) is 6.10 Å². The number of nitrogens with one attached hydrogen (secondary N) is 1. The van der Waals surface area contributed by atoms with Gasteiger partial charge in [0.1, 0.15) is 5.75 Å². The smallest absolute Gasteiger partial charge is 0.119 e. The summed E-state index contributed by atoms with van der Waals surface area (Å²) >= 11 is 0. The van der Waals surface area contributed by atoms with E-state index < -0.39 is 0 Å². The van der Waals surface area contributed by atoms with Crippen LogP contribution in [0.2, 0.25) is 0 Å². The maximum absolute atomic E-state index is 9.34. The van der Waals surface area contributed by atoms with Crippen molar-refractivity contribution in [3.05, 3.63) is 30.3 Å². The number of hydrogen-bond donors (Lipinski definition) is 2. The highest BCUT2D eigenvalue weighted by molar-refractivity contribution is 5.20. The van der Waals surface area contributed by atoms with E-state index in [0.29, 0.717) is 0 Å². The molecule has 0 radical (unpaired) electrons. The molecule has 0 bridgehead atoms. The molecule has 1 unspecified atom stereocenters. The van der Waals surface area contributed by atoms with Gasteiger partial charge in [-0.2, -0.15) is 0 Å². The average molecular weight is 237 g/mol. The number of hydrogen-bond acceptors (Lipinski definition) is 3. The molecule has 0 heterocycles. The van der Waals surface area contributed by atoms with Gasteiger partial charge in [-0.3, -0.25) is 0 Å². The Bertz CT molecular complexity index is 277. The quantitative estimate of drug-likeness (QED) is 0.647. The van der Waals surface area contributed by atoms with Gasteiger partial charge in [0.15, 0.2) is 0 Å². The Morgan fingerprint density at radius 1 is 1.24 bits per heavy atom. The average Bonchev–Trinajstić information content (AvgIpc) is 2.38. The van der Waals surface area contributed by atoms with Crippen LogP contribution >= 0.6 is 0 Å². The molecule has 1 rings (SSSR count). The number of benzene rings is 1. The molecule has 1 atom stereocenters. The van der Waals surface area contributed by atoms with Crippen LogP contribution in [0.15, 0.2) is 30.3 Å². The number of aliphatic hydroxyl groups excluding tert-OH is 1. The van der Waals surface area contributed by atoms with Gasteiger partial charge in [0.05, 0.1) is 12.7 Å². The van der Waals surface area contributed by atoms with Gasteiger partial charge in [-0.15, -0.1) is 0 Å². The fourth-order valence-electron chi connectivity index (χ4n) is 1.50. The molecule has 2 N–H and O–H groups in total. The Morgan fingerprint density at radius 3 is 2.71 bits per heavy atom. The van der Waals surface area contributed by atoms with E-state index >= 15 is 0 Å². The van der Waals surface area contributed by atoms with Crippen LogP contribution in [0.5, 0.6) is 5.75 Å². The van der Waals surface area contributed by atoms with Crippen LogP contribution in [0, 0.1) is 0 Å². The molecular formula is C14H23NO2. The number of para-hydroxylation sites is 1. The molecule has 0 saturated carbocycles. The van der Waals surface area contributed by atoms with E-state index in [1.165, 1.54) is 0 Å². The van der Waals surface area contributed by atoms with Crippen molar-refractivity contribution in [2.24, 2.45) is 0 Å². The van der Waals surface area contributed by atoms with Crippen molar-refractivity contribution >= 4 is 0 Å². The highest BCUT2D eigenvalue weighted by atomic mass is 16.5. The summed E-state index contributed by atoms with van der Waals surface area (Å²) in [7, 11) is 0. The molecule has 0 aliphatic carbocycles. The van der Waals surface area contributed by atoms with Gasteiger partial charge in [0.25, 0.3) is 0 Å². The van der Waals surface area contributed by atoms with E-state index in [4.69, 9.17) is 4.74 Å². The molecule has 1 aromatic rings. The van der Waals surface area contributed by atoms with Crippen LogP contribution in [0.25, 0.3) is 0 Å². The van der Waals surface area contributed by atoms with Crippen molar-refractivity contribution < 1.29 is 9.84 Å². The zero-order chi connectivity index (χ0) is 12.3. The monoisotopic (exact) mass is 237 g/mol. The van der Waals surface area contributed by atoms with Crippen LogP contribution in [0.1, 0.15) is 26.2 Å². The third-order valence-electron chi connectivity index (χ3n) is 2.64. The van der Waals surface area contributed by atoms with Crippen LogP contribution in [0.3, 0.4) is 0 Å². The summed E-state index contributed by atoms with van der Waals surface area (Å²) in [5.41, 5.74) is 0. The molecule has 96 valence electrons. The molecule has 0 amide bonds. The van der Waals surface area contributed by atoms with Gasteiger partial charge in [0.2, 0.25) is 0 Å². The highest BCUT2D eigenvalue weighted by Gasteiger charge is 1.98. The van der Waals surface area contributed by atoms with Crippen molar-refractivity contribution in [2.45, 2.75) is 32.3 Å².